The summed E-state index contributed by atoms with van der Waals surface area (Å²) in [5.74, 6) is -2.41. The molecule has 0 rings (SSSR count). The van der Waals surface area contributed by atoms with Gasteiger partial charge in [-0.2, -0.15) is 18.4 Å². The van der Waals surface area contributed by atoms with E-state index in [0.717, 1.165) is 0 Å². The molecule has 0 aromatic heterocycles. The molecule has 0 spiro atoms. The molecule has 0 aliphatic rings. The standard InChI is InChI=1S/C11H18F3N3O/c1-4-17(7-10(18)16-8(2)3)6-9(5-15)11(12,13)14/h8-9H,4,6-7H2,1-3H3,(H,16,18). The second kappa shape index (κ2) is 7.21. The van der Waals surface area contributed by atoms with Gasteiger partial charge in [0.2, 0.25) is 5.91 Å². The highest BCUT2D eigenvalue weighted by atomic mass is 19.4. The summed E-state index contributed by atoms with van der Waals surface area (Å²) in [6.07, 6.45) is -4.56. The number of carbonyl (C=O) groups is 1. The van der Waals surface area contributed by atoms with E-state index in [4.69, 9.17) is 5.26 Å². The molecule has 18 heavy (non-hydrogen) atoms. The summed E-state index contributed by atoms with van der Waals surface area (Å²) in [6, 6.07) is 1.16. The SMILES string of the molecule is CCN(CC(=O)NC(C)C)CC(C#N)C(F)(F)F. The molecular weight excluding hydrogens is 247 g/mol. The monoisotopic (exact) mass is 265 g/mol. The highest BCUT2D eigenvalue weighted by Gasteiger charge is 2.40. The summed E-state index contributed by atoms with van der Waals surface area (Å²) in [7, 11) is 0. The topological polar surface area (TPSA) is 56.1 Å². The number of alkyl halides is 3. The number of nitrogens with zero attached hydrogens (tertiary/aromatic N) is 2. The van der Waals surface area contributed by atoms with Crippen molar-refractivity contribution < 1.29 is 18.0 Å². The smallest absolute Gasteiger partial charge is 0.353 e. The fourth-order valence-electron chi connectivity index (χ4n) is 1.35. The van der Waals surface area contributed by atoms with E-state index in [1.165, 1.54) is 11.0 Å². The molecule has 0 saturated heterocycles. The van der Waals surface area contributed by atoms with Gasteiger partial charge in [-0.25, -0.2) is 0 Å². The highest BCUT2D eigenvalue weighted by molar-refractivity contribution is 5.78. The number of nitriles is 1. The second-order valence-corrected chi connectivity index (χ2v) is 4.27. The van der Waals surface area contributed by atoms with Crippen molar-refractivity contribution >= 4 is 5.91 Å². The van der Waals surface area contributed by atoms with Crippen LogP contribution in [0.5, 0.6) is 0 Å². The predicted octanol–water partition coefficient (Wildman–Crippen LogP) is 1.53. The Balaban J connectivity index is 4.43. The van der Waals surface area contributed by atoms with Gasteiger partial charge in [0, 0.05) is 12.6 Å². The van der Waals surface area contributed by atoms with Gasteiger partial charge in [0.15, 0.2) is 5.92 Å². The Morgan fingerprint density at radius 3 is 2.33 bits per heavy atom. The van der Waals surface area contributed by atoms with Crippen molar-refractivity contribution in [3.05, 3.63) is 0 Å². The van der Waals surface area contributed by atoms with E-state index < -0.39 is 18.6 Å². The molecule has 0 radical (unpaired) electrons. The van der Waals surface area contributed by atoms with E-state index >= 15 is 0 Å². The minimum absolute atomic E-state index is 0.0643. The average Bonchev–Trinajstić information content (AvgIpc) is 2.20. The minimum atomic E-state index is -4.56. The first kappa shape index (κ1) is 16.7. The van der Waals surface area contributed by atoms with Crippen LogP contribution < -0.4 is 5.32 Å². The van der Waals surface area contributed by atoms with Crippen molar-refractivity contribution in [3.8, 4) is 6.07 Å². The molecule has 0 bridgehead atoms. The molecule has 1 amide bonds. The number of carbonyl (C=O) groups excluding carboxylic acids is 1. The first-order valence-electron chi connectivity index (χ1n) is 5.68. The van der Waals surface area contributed by atoms with E-state index in [0.29, 0.717) is 0 Å². The number of hydrogen-bond acceptors (Lipinski definition) is 3. The van der Waals surface area contributed by atoms with Gasteiger partial charge in [0.1, 0.15) is 0 Å². The van der Waals surface area contributed by atoms with E-state index in [1.54, 1.807) is 20.8 Å². The molecule has 1 unspecified atom stereocenters. The van der Waals surface area contributed by atoms with Crippen LogP contribution in [0.4, 0.5) is 13.2 Å². The molecule has 0 aliphatic carbocycles. The molecule has 0 fully saturated rings. The van der Waals surface area contributed by atoms with Crippen LogP contribution in [0.15, 0.2) is 0 Å². The minimum Gasteiger partial charge on any atom is -0.353 e. The molecule has 0 aliphatic heterocycles. The van der Waals surface area contributed by atoms with Crippen molar-refractivity contribution in [1.29, 1.82) is 5.26 Å². The quantitative estimate of drug-likeness (QED) is 0.792. The summed E-state index contributed by atoms with van der Waals surface area (Å²) in [6.45, 7) is 4.84. The Morgan fingerprint density at radius 1 is 1.44 bits per heavy atom. The lowest BCUT2D eigenvalue weighted by Crippen LogP contribution is -2.43. The number of rotatable bonds is 6. The van der Waals surface area contributed by atoms with Crippen LogP contribution in [-0.2, 0) is 4.79 Å². The predicted molar refractivity (Wildman–Crippen MR) is 60.6 cm³/mol. The molecule has 0 saturated carbocycles. The second-order valence-electron chi connectivity index (χ2n) is 4.27. The maximum atomic E-state index is 12.4. The van der Waals surface area contributed by atoms with E-state index in [1.807, 2.05) is 0 Å². The lowest BCUT2D eigenvalue weighted by molar-refractivity contribution is -0.163. The molecule has 0 aromatic carbocycles. The lowest BCUT2D eigenvalue weighted by atomic mass is 10.1. The fourth-order valence-corrected chi connectivity index (χ4v) is 1.35. The number of likely N-dealkylation sites (N-methyl/N-ethyl adjacent to an activating group) is 1. The van der Waals surface area contributed by atoms with Gasteiger partial charge in [-0.1, -0.05) is 6.92 Å². The third-order valence-electron chi connectivity index (χ3n) is 2.26. The van der Waals surface area contributed by atoms with Gasteiger partial charge >= 0.3 is 6.18 Å². The fraction of sp³-hybridized carbons (Fsp3) is 0.818. The van der Waals surface area contributed by atoms with E-state index in [9.17, 15) is 18.0 Å². The summed E-state index contributed by atoms with van der Waals surface area (Å²) in [4.78, 5) is 12.7. The molecule has 4 nitrogen and oxygen atoms in total. The van der Waals surface area contributed by atoms with E-state index in [2.05, 4.69) is 5.32 Å². The average molecular weight is 265 g/mol. The number of nitrogens with one attached hydrogen (secondary N) is 1. The molecular formula is C11H18F3N3O. The Bertz CT molecular complexity index is 310. The van der Waals surface area contributed by atoms with Gasteiger partial charge in [0.05, 0.1) is 12.6 Å². The normalized spacial score (nSPS) is 13.5. The molecule has 7 heteroatoms. The molecule has 104 valence electrons. The van der Waals surface area contributed by atoms with Crippen LogP contribution >= 0.6 is 0 Å². The van der Waals surface area contributed by atoms with Gasteiger partial charge in [-0.05, 0) is 20.4 Å². The van der Waals surface area contributed by atoms with Crippen molar-refractivity contribution in [2.24, 2.45) is 5.92 Å². The van der Waals surface area contributed by atoms with Crippen molar-refractivity contribution in [1.82, 2.24) is 10.2 Å². The van der Waals surface area contributed by atoms with Crippen LogP contribution in [0, 0.1) is 17.2 Å². The Kier molecular flexibility index (Phi) is 6.70. The highest BCUT2D eigenvalue weighted by Crippen LogP contribution is 2.26. The largest absolute Gasteiger partial charge is 0.405 e. The summed E-state index contributed by atoms with van der Waals surface area (Å²) in [5.41, 5.74) is 0. The van der Waals surface area contributed by atoms with Crippen LogP contribution in [0.1, 0.15) is 20.8 Å². The van der Waals surface area contributed by atoms with Gasteiger partial charge in [-0.15, -0.1) is 0 Å². The van der Waals surface area contributed by atoms with Crippen LogP contribution in [0.25, 0.3) is 0 Å². The first-order valence-corrected chi connectivity index (χ1v) is 5.68. The van der Waals surface area contributed by atoms with Crippen molar-refractivity contribution in [2.45, 2.75) is 33.0 Å². The van der Waals surface area contributed by atoms with Crippen LogP contribution in [0.2, 0.25) is 0 Å². The maximum absolute atomic E-state index is 12.4. The van der Waals surface area contributed by atoms with Gasteiger partial charge in [-0.3, -0.25) is 9.69 Å². The van der Waals surface area contributed by atoms with Crippen molar-refractivity contribution in [2.75, 3.05) is 19.6 Å². The molecule has 1 atom stereocenters. The zero-order valence-electron chi connectivity index (χ0n) is 10.7. The molecule has 0 aromatic rings. The van der Waals surface area contributed by atoms with Gasteiger partial charge < -0.3 is 5.32 Å². The molecule has 1 N–H and O–H groups in total. The Hall–Kier alpha value is -1.29. The molecule has 0 heterocycles. The zero-order valence-corrected chi connectivity index (χ0v) is 10.7. The summed E-state index contributed by atoms with van der Waals surface area (Å²) >= 11 is 0. The third-order valence-corrected chi connectivity index (χ3v) is 2.26. The number of amides is 1. The Morgan fingerprint density at radius 2 is 2.00 bits per heavy atom. The van der Waals surface area contributed by atoms with Crippen LogP contribution in [0.3, 0.4) is 0 Å². The summed E-state index contributed by atoms with van der Waals surface area (Å²) < 4.78 is 37.2. The first-order chi connectivity index (χ1) is 8.20. The third kappa shape index (κ3) is 6.45. The van der Waals surface area contributed by atoms with Crippen molar-refractivity contribution in [3.63, 3.8) is 0 Å². The number of halogens is 3. The van der Waals surface area contributed by atoms with Gasteiger partial charge in [0.25, 0.3) is 0 Å². The Labute approximate surface area is 105 Å². The number of hydrogen-bond donors (Lipinski definition) is 1. The van der Waals surface area contributed by atoms with E-state index in [-0.39, 0.29) is 25.0 Å². The summed E-state index contributed by atoms with van der Waals surface area (Å²) in [5, 5.41) is 11.1. The lowest BCUT2D eigenvalue weighted by Gasteiger charge is -2.24. The van der Waals surface area contributed by atoms with Crippen LogP contribution in [-0.4, -0.2) is 42.7 Å². The maximum Gasteiger partial charge on any atom is 0.405 e. The zero-order chi connectivity index (χ0) is 14.3.